The molecule has 2 aliphatic carbocycles. The van der Waals surface area contributed by atoms with E-state index in [2.05, 4.69) is 37.6 Å². The van der Waals surface area contributed by atoms with E-state index in [1.807, 2.05) is 30.3 Å². The van der Waals surface area contributed by atoms with Crippen LogP contribution in [0.1, 0.15) is 53.2 Å². The molecule has 1 atom stereocenters. The molecule has 0 radical (unpaired) electrons. The first-order valence-corrected chi connectivity index (χ1v) is 11.5. The molecule has 0 bridgehead atoms. The van der Waals surface area contributed by atoms with Crippen molar-refractivity contribution in [2.75, 3.05) is 0 Å². The van der Waals surface area contributed by atoms with Gasteiger partial charge in [-0.05, 0) is 42.7 Å². The maximum absolute atomic E-state index is 13.0. The van der Waals surface area contributed by atoms with Gasteiger partial charge < -0.3 is 9.88 Å². The molecule has 0 unspecified atom stereocenters. The van der Waals surface area contributed by atoms with Gasteiger partial charge in [-0.15, -0.1) is 21.5 Å². The van der Waals surface area contributed by atoms with Gasteiger partial charge in [0.1, 0.15) is 11.1 Å². The van der Waals surface area contributed by atoms with Crippen LogP contribution in [-0.4, -0.2) is 26.7 Å². The van der Waals surface area contributed by atoms with Crippen LogP contribution >= 0.6 is 23.1 Å². The minimum atomic E-state index is -0.307. The van der Waals surface area contributed by atoms with Gasteiger partial charge in [-0.3, -0.25) is 4.79 Å². The molecule has 1 amide bonds. The van der Waals surface area contributed by atoms with Crippen molar-refractivity contribution in [2.24, 2.45) is 0 Å². The number of nitrogens with one attached hydrogen (secondary N) is 1. The summed E-state index contributed by atoms with van der Waals surface area (Å²) >= 11 is 3.27. The van der Waals surface area contributed by atoms with Crippen molar-refractivity contribution in [3.8, 4) is 0 Å². The minimum Gasteiger partial charge on any atom is -0.352 e. The first-order valence-electron chi connectivity index (χ1n) is 9.76. The topological polar surface area (TPSA) is 59.8 Å². The van der Waals surface area contributed by atoms with E-state index in [1.54, 1.807) is 11.3 Å². The third kappa shape index (κ3) is 4.00. The van der Waals surface area contributed by atoms with Crippen LogP contribution in [-0.2, 0) is 11.2 Å². The first kappa shape index (κ1) is 17.9. The smallest absolute Gasteiger partial charge is 0.238 e. The Morgan fingerprint density at radius 3 is 2.64 bits per heavy atom. The predicted octanol–water partition coefficient (Wildman–Crippen LogP) is 4.38. The Morgan fingerprint density at radius 2 is 1.96 bits per heavy atom. The molecular formula is C21H22N4OS2. The number of aromatic nitrogens is 3. The summed E-state index contributed by atoms with van der Waals surface area (Å²) in [6, 6.07) is 15.0. The second-order valence-corrected chi connectivity index (χ2v) is 9.55. The summed E-state index contributed by atoms with van der Waals surface area (Å²) in [5.41, 5.74) is 1.01. The highest BCUT2D eigenvalue weighted by Crippen LogP contribution is 2.43. The monoisotopic (exact) mass is 410 g/mol. The zero-order valence-corrected chi connectivity index (χ0v) is 17.1. The quantitative estimate of drug-likeness (QED) is 0.560. The van der Waals surface area contributed by atoms with Gasteiger partial charge in [-0.1, -0.05) is 48.2 Å². The van der Waals surface area contributed by atoms with Gasteiger partial charge in [0.05, 0.1) is 0 Å². The van der Waals surface area contributed by atoms with Crippen molar-refractivity contribution in [3.63, 3.8) is 0 Å². The second kappa shape index (κ2) is 7.72. The number of carbonyl (C=O) groups is 1. The molecule has 5 rings (SSSR count). The van der Waals surface area contributed by atoms with Crippen LogP contribution in [0.2, 0.25) is 0 Å². The number of hydrogen-bond donors (Lipinski definition) is 1. The lowest BCUT2D eigenvalue weighted by Crippen LogP contribution is -2.30. The average Bonchev–Trinajstić information content (AvgIpc) is 3.63. The van der Waals surface area contributed by atoms with Crippen molar-refractivity contribution in [2.45, 2.75) is 54.6 Å². The summed E-state index contributed by atoms with van der Waals surface area (Å²) in [6.07, 6.45) is 5.29. The number of hydrogen-bond acceptors (Lipinski definition) is 5. The van der Waals surface area contributed by atoms with Gasteiger partial charge in [-0.25, -0.2) is 0 Å². The third-order valence-electron chi connectivity index (χ3n) is 5.05. The van der Waals surface area contributed by atoms with E-state index in [1.165, 1.54) is 16.6 Å². The van der Waals surface area contributed by atoms with E-state index < -0.39 is 0 Å². The van der Waals surface area contributed by atoms with Crippen molar-refractivity contribution < 1.29 is 4.79 Å². The first-order chi connectivity index (χ1) is 13.8. The molecule has 144 valence electrons. The molecule has 1 N–H and O–H groups in total. The average molecular weight is 411 g/mol. The van der Waals surface area contributed by atoms with Crippen molar-refractivity contribution in [1.29, 1.82) is 0 Å². The summed E-state index contributed by atoms with van der Waals surface area (Å²) in [5, 5.41) is 14.8. The van der Waals surface area contributed by atoms with Gasteiger partial charge in [0.15, 0.2) is 5.16 Å². The summed E-state index contributed by atoms with van der Waals surface area (Å²) in [7, 11) is 0. The normalized spacial score (nSPS) is 17.4. The number of benzene rings is 1. The van der Waals surface area contributed by atoms with E-state index in [0.29, 0.717) is 12.1 Å². The predicted molar refractivity (Wildman–Crippen MR) is 112 cm³/mol. The number of amides is 1. The number of nitrogens with zero attached hydrogens (tertiary/aromatic N) is 3. The van der Waals surface area contributed by atoms with Gasteiger partial charge in [0, 0.05) is 23.4 Å². The fourth-order valence-electron chi connectivity index (χ4n) is 3.29. The largest absolute Gasteiger partial charge is 0.352 e. The zero-order chi connectivity index (χ0) is 18.9. The highest BCUT2D eigenvalue weighted by atomic mass is 32.2. The molecule has 0 saturated heterocycles. The molecule has 7 heteroatoms. The van der Waals surface area contributed by atoms with E-state index in [9.17, 15) is 4.79 Å². The lowest BCUT2D eigenvalue weighted by molar-refractivity contribution is -0.120. The van der Waals surface area contributed by atoms with E-state index in [4.69, 9.17) is 0 Å². The Morgan fingerprint density at radius 1 is 1.14 bits per heavy atom. The number of thiophene rings is 1. The van der Waals surface area contributed by atoms with Gasteiger partial charge in [0.2, 0.25) is 5.91 Å². The molecule has 0 aliphatic heterocycles. The Kier molecular flexibility index (Phi) is 4.94. The van der Waals surface area contributed by atoms with Crippen LogP contribution < -0.4 is 5.32 Å². The standard InChI is InChI=1S/C21H22N4OS2/c26-20(22-15-8-9-15)19(14-5-2-1-3-6-14)28-21-24-23-18(25(21)16-10-11-16)13-17-7-4-12-27-17/h1-7,12,15-16,19H,8-11,13H2,(H,22,26)/t19-/m1/s1. The number of rotatable bonds is 8. The van der Waals surface area contributed by atoms with Crippen molar-refractivity contribution in [1.82, 2.24) is 20.1 Å². The second-order valence-electron chi connectivity index (χ2n) is 7.45. The fraction of sp³-hybridized carbons (Fsp3) is 0.381. The third-order valence-corrected chi connectivity index (χ3v) is 7.13. The molecule has 1 aromatic carbocycles. The molecule has 3 aromatic rings. The molecule has 2 aromatic heterocycles. The number of thioether (sulfide) groups is 1. The van der Waals surface area contributed by atoms with E-state index in [0.717, 1.165) is 48.6 Å². The van der Waals surface area contributed by atoms with Crippen LogP contribution in [0.5, 0.6) is 0 Å². The van der Waals surface area contributed by atoms with Crippen molar-refractivity contribution in [3.05, 3.63) is 64.1 Å². The fourth-order valence-corrected chi connectivity index (χ4v) is 5.12. The number of carbonyl (C=O) groups excluding carboxylic acids is 1. The molecule has 2 fully saturated rings. The molecule has 2 saturated carbocycles. The molecule has 2 heterocycles. The summed E-state index contributed by atoms with van der Waals surface area (Å²) in [6.45, 7) is 0. The maximum atomic E-state index is 13.0. The summed E-state index contributed by atoms with van der Waals surface area (Å²) in [4.78, 5) is 14.3. The molecular weight excluding hydrogens is 388 g/mol. The molecule has 28 heavy (non-hydrogen) atoms. The Bertz CT molecular complexity index is 946. The van der Waals surface area contributed by atoms with Crippen LogP contribution in [0.25, 0.3) is 0 Å². The summed E-state index contributed by atoms with van der Waals surface area (Å²) in [5.74, 6) is 1.07. The lowest BCUT2D eigenvalue weighted by Gasteiger charge is -2.17. The van der Waals surface area contributed by atoms with Crippen LogP contribution in [0.3, 0.4) is 0 Å². The highest BCUT2D eigenvalue weighted by Gasteiger charge is 2.34. The molecule has 0 spiro atoms. The maximum Gasteiger partial charge on any atom is 0.238 e. The van der Waals surface area contributed by atoms with Crippen LogP contribution in [0.4, 0.5) is 0 Å². The Labute approximate surface area is 172 Å². The molecule has 5 nitrogen and oxygen atoms in total. The van der Waals surface area contributed by atoms with Gasteiger partial charge in [-0.2, -0.15) is 0 Å². The Hall–Kier alpha value is -2.12. The van der Waals surface area contributed by atoms with Crippen LogP contribution in [0, 0.1) is 0 Å². The van der Waals surface area contributed by atoms with Crippen molar-refractivity contribution >= 4 is 29.0 Å². The van der Waals surface area contributed by atoms with Crippen LogP contribution in [0.15, 0.2) is 53.0 Å². The van der Waals surface area contributed by atoms with E-state index in [-0.39, 0.29) is 11.2 Å². The summed E-state index contributed by atoms with van der Waals surface area (Å²) < 4.78 is 2.27. The highest BCUT2D eigenvalue weighted by molar-refractivity contribution is 8.00. The SMILES string of the molecule is O=C(NC1CC1)[C@H](Sc1nnc(Cc2cccs2)n1C1CC1)c1ccccc1. The minimum absolute atomic E-state index is 0.0730. The zero-order valence-electron chi connectivity index (χ0n) is 15.5. The van der Waals surface area contributed by atoms with E-state index >= 15 is 0 Å². The van der Waals surface area contributed by atoms with Gasteiger partial charge in [0.25, 0.3) is 0 Å². The van der Waals surface area contributed by atoms with Gasteiger partial charge >= 0.3 is 0 Å². The Balaban J connectivity index is 1.43. The lowest BCUT2D eigenvalue weighted by atomic mass is 10.1. The molecule has 2 aliphatic rings.